The first-order valence-corrected chi connectivity index (χ1v) is 5.01. The van der Waals surface area contributed by atoms with E-state index in [0.29, 0.717) is 6.42 Å². The van der Waals surface area contributed by atoms with E-state index in [-0.39, 0.29) is 11.9 Å². The summed E-state index contributed by atoms with van der Waals surface area (Å²) in [5, 5.41) is 3.13. The smallest absolute Gasteiger partial charge is 0.256 e. The fraction of sp³-hybridized carbons (Fsp3) is 0.364. The summed E-state index contributed by atoms with van der Waals surface area (Å²) >= 11 is 0. The first-order valence-electron chi connectivity index (χ1n) is 5.01. The van der Waals surface area contributed by atoms with Crippen LogP contribution >= 0.6 is 0 Å². The predicted molar refractivity (Wildman–Crippen MR) is 61.2 cm³/mol. The normalized spacial score (nSPS) is 11.9. The molecule has 0 bridgehead atoms. The molecule has 0 aliphatic carbocycles. The summed E-state index contributed by atoms with van der Waals surface area (Å²) in [6, 6.07) is 7.60. The molecule has 1 aromatic carbocycles. The molecule has 0 aliphatic heterocycles. The van der Waals surface area contributed by atoms with Crippen molar-refractivity contribution < 1.29 is 4.79 Å². The topological polar surface area (TPSA) is 67.2 Å². The number of hydrogen-bond donors (Lipinski definition) is 3. The lowest BCUT2D eigenvalue weighted by molar-refractivity contribution is -0.121. The zero-order valence-corrected chi connectivity index (χ0v) is 9.08. The molecule has 0 fully saturated rings. The van der Waals surface area contributed by atoms with Crippen LogP contribution in [-0.4, -0.2) is 11.9 Å². The summed E-state index contributed by atoms with van der Waals surface area (Å²) in [4.78, 5) is 11.3. The molecule has 1 aromatic rings. The van der Waals surface area contributed by atoms with Crippen molar-refractivity contribution in [2.75, 3.05) is 5.32 Å². The zero-order valence-electron chi connectivity index (χ0n) is 9.08. The highest BCUT2D eigenvalue weighted by molar-refractivity contribution is 5.83. The highest BCUT2D eigenvalue weighted by atomic mass is 16.2. The van der Waals surface area contributed by atoms with Crippen LogP contribution in [0.25, 0.3) is 0 Å². The molecule has 1 atom stereocenters. The predicted octanol–water partition coefficient (Wildman–Crippen LogP) is 1.18. The van der Waals surface area contributed by atoms with Gasteiger partial charge in [0.2, 0.25) is 0 Å². The van der Waals surface area contributed by atoms with E-state index in [1.54, 1.807) is 0 Å². The number of anilines is 1. The Bertz CT molecular complexity index is 338. The molecule has 0 aliphatic rings. The minimum Gasteiger partial charge on any atom is -0.374 e. The second-order valence-electron chi connectivity index (χ2n) is 3.48. The van der Waals surface area contributed by atoms with Crippen molar-refractivity contribution in [3.8, 4) is 0 Å². The molecule has 0 spiro atoms. The second kappa shape index (κ2) is 5.36. The number of nitrogens with one attached hydrogen (secondary N) is 2. The fourth-order valence-corrected chi connectivity index (χ4v) is 1.39. The van der Waals surface area contributed by atoms with Crippen LogP contribution in [0.15, 0.2) is 24.3 Å². The van der Waals surface area contributed by atoms with E-state index in [4.69, 9.17) is 5.84 Å². The number of hydrazine groups is 1. The first-order chi connectivity index (χ1) is 7.17. The summed E-state index contributed by atoms with van der Waals surface area (Å²) in [5.41, 5.74) is 4.24. The molecule has 0 aromatic heterocycles. The number of aryl methyl sites for hydroxylation is 1. The summed E-state index contributed by atoms with van der Waals surface area (Å²) in [5.74, 6) is 4.90. The molecule has 0 heterocycles. The quantitative estimate of drug-likeness (QED) is 0.394. The van der Waals surface area contributed by atoms with Gasteiger partial charge in [-0.25, -0.2) is 5.84 Å². The van der Waals surface area contributed by atoms with Gasteiger partial charge in [0.25, 0.3) is 5.91 Å². The van der Waals surface area contributed by atoms with Gasteiger partial charge in [0.05, 0.1) is 0 Å². The van der Waals surface area contributed by atoms with E-state index < -0.39 is 0 Å². The third-order valence-corrected chi connectivity index (χ3v) is 2.23. The van der Waals surface area contributed by atoms with Crippen LogP contribution in [0.2, 0.25) is 0 Å². The SMILES string of the molecule is CC[C@H](Nc1cccc(C)c1)C(=O)NN. The Kier molecular flexibility index (Phi) is 4.12. The molecule has 0 saturated carbocycles. The molecule has 0 radical (unpaired) electrons. The van der Waals surface area contributed by atoms with Crippen LogP contribution in [0.5, 0.6) is 0 Å². The van der Waals surface area contributed by atoms with Gasteiger partial charge in [-0.2, -0.15) is 0 Å². The monoisotopic (exact) mass is 207 g/mol. The molecule has 4 nitrogen and oxygen atoms in total. The largest absolute Gasteiger partial charge is 0.374 e. The van der Waals surface area contributed by atoms with Crippen molar-refractivity contribution >= 4 is 11.6 Å². The first kappa shape index (κ1) is 11.5. The van der Waals surface area contributed by atoms with Crippen LogP contribution in [0.4, 0.5) is 5.69 Å². The lowest BCUT2D eigenvalue weighted by atomic mass is 10.1. The maximum Gasteiger partial charge on any atom is 0.256 e. The fourth-order valence-electron chi connectivity index (χ4n) is 1.39. The summed E-state index contributed by atoms with van der Waals surface area (Å²) in [7, 11) is 0. The molecular formula is C11H17N3O. The second-order valence-corrected chi connectivity index (χ2v) is 3.48. The number of carbonyl (C=O) groups is 1. The van der Waals surface area contributed by atoms with Crippen molar-refractivity contribution in [1.29, 1.82) is 0 Å². The molecule has 15 heavy (non-hydrogen) atoms. The number of carbonyl (C=O) groups excluding carboxylic acids is 1. The Labute approximate surface area is 89.8 Å². The van der Waals surface area contributed by atoms with Gasteiger partial charge >= 0.3 is 0 Å². The van der Waals surface area contributed by atoms with E-state index in [9.17, 15) is 4.79 Å². The van der Waals surface area contributed by atoms with Gasteiger partial charge in [0.1, 0.15) is 6.04 Å². The average Bonchev–Trinajstić information content (AvgIpc) is 2.25. The molecule has 0 saturated heterocycles. The summed E-state index contributed by atoms with van der Waals surface area (Å²) in [6.45, 7) is 3.94. The summed E-state index contributed by atoms with van der Waals surface area (Å²) in [6.07, 6.45) is 0.691. The third-order valence-electron chi connectivity index (χ3n) is 2.23. The van der Waals surface area contributed by atoms with Crippen LogP contribution in [0.1, 0.15) is 18.9 Å². The molecule has 4 heteroatoms. The number of amides is 1. The Hall–Kier alpha value is -1.55. The van der Waals surface area contributed by atoms with Gasteiger partial charge in [-0.05, 0) is 31.0 Å². The number of hydrogen-bond acceptors (Lipinski definition) is 3. The average molecular weight is 207 g/mol. The van der Waals surface area contributed by atoms with Crippen molar-refractivity contribution in [1.82, 2.24) is 5.43 Å². The highest BCUT2D eigenvalue weighted by Crippen LogP contribution is 2.11. The van der Waals surface area contributed by atoms with Crippen LogP contribution in [0, 0.1) is 6.92 Å². The van der Waals surface area contributed by atoms with Crippen LogP contribution in [-0.2, 0) is 4.79 Å². The Morgan fingerprint density at radius 2 is 2.27 bits per heavy atom. The van der Waals surface area contributed by atoms with Gasteiger partial charge in [-0.15, -0.1) is 0 Å². The van der Waals surface area contributed by atoms with E-state index in [0.717, 1.165) is 11.3 Å². The standard InChI is InChI=1S/C11H17N3O/c1-3-10(11(15)14-12)13-9-6-4-5-8(2)7-9/h4-7,10,13H,3,12H2,1-2H3,(H,14,15)/t10-/m0/s1. The molecule has 82 valence electrons. The van der Waals surface area contributed by atoms with E-state index >= 15 is 0 Å². The Morgan fingerprint density at radius 3 is 2.80 bits per heavy atom. The van der Waals surface area contributed by atoms with Gasteiger partial charge in [0, 0.05) is 5.69 Å². The van der Waals surface area contributed by atoms with Gasteiger partial charge in [0.15, 0.2) is 0 Å². The lowest BCUT2D eigenvalue weighted by Crippen LogP contribution is -2.42. The van der Waals surface area contributed by atoms with Crippen LogP contribution < -0.4 is 16.6 Å². The third kappa shape index (κ3) is 3.25. The van der Waals surface area contributed by atoms with E-state index in [1.807, 2.05) is 38.1 Å². The maximum absolute atomic E-state index is 11.3. The van der Waals surface area contributed by atoms with Gasteiger partial charge in [-0.1, -0.05) is 19.1 Å². The van der Waals surface area contributed by atoms with Gasteiger partial charge < -0.3 is 5.32 Å². The van der Waals surface area contributed by atoms with Crippen molar-refractivity contribution in [3.05, 3.63) is 29.8 Å². The van der Waals surface area contributed by atoms with E-state index in [2.05, 4.69) is 10.7 Å². The van der Waals surface area contributed by atoms with Gasteiger partial charge in [-0.3, -0.25) is 10.2 Å². The molecule has 1 rings (SSSR count). The zero-order chi connectivity index (χ0) is 11.3. The maximum atomic E-state index is 11.3. The van der Waals surface area contributed by atoms with Crippen molar-refractivity contribution in [3.63, 3.8) is 0 Å². The number of nitrogens with two attached hydrogens (primary N) is 1. The summed E-state index contributed by atoms with van der Waals surface area (Å²) < 4.78 is 0. The number of benzene rings is 1. The molecule has 1 amide bonds. The Morgan fingerprint density at radius 1 is 1.53 bits per heavy atom. The number of rotatable bonds is 4. The van der Waals surface area contributed by atoms with E-state index in [1.165, 1.54) is 0 Å². The minimum atomic E-state index is -0.281. The van der Waals surface area contributed by atoms with Crippen LogP contribution in [0.3, 0.4) is 0 Å². The van der Waals surface area contributed by atoms with Crippen molar-refractivity contribution in [2.45, 2.75) is 26.3 Å². The lowest BCUT2D eigenvalue weighted by Gasteiger charge is -2.16. The molecule has 4 N–H and O–H groups in total. The molecular weight excluding hydrogens is 190 g/mol. The molecule has 0 unspecified atom stereocenters. The highest BCUT2D eigenvalue weighted by Gasteiger charge is 2.14. The van der Waals surface area contributed by atoms with Crippen molar-refractivity contribution in [2.24, 2.45) is 5.84 Å². The Balaban J connectivity index is 2.70. The minimum absolute atomic E-state index is 0.195.